The molecule has 1 aromatic carbocycles. The molecule has 100 valence electrons. The number of rotatable bonds is 7. The first kappa shape index (κ1) is 14.5. The molecular weight excluding hydrogens is 230 g/mol. The Hall–Kier alpha value is -1.55. The van der Waals surface area contributed by atoms with Crippen LogP contribution in [0.2, 0.25) is 0 Å². The molecule has 0 spiro atoms. The quantitative estimate of drug-likeness (QED) is 0.755. The fraction of sp³-hybridized carbons (Fsp3) is 0.500. The number of Topliss-reactive ketones (excluding diaryl/α,β-unsaturated/α-hetero) is 1. The lowest BCUT2D eigenvalue weighted by atomic mass is 9.99. The van der Waals surface area contributed by atoms with Gasteiger partial charge in [0.05, 0.1) is 19.8 Å². The minimum atomic E-state index is 0.0612. The average Bonchev–Trinajstić information content (AvgIpc) is 2.43. The van der Waals surface area contributed by atoms with Gasteiger partial charge in [0.1, 0.15) is 11.5 Å². The molecule has 0 saturated heterocycles. The lowest BCUT2D eigenvalue weighted by molar-refractivity contribution is 0.0971. The molecule has 0 aliphatic heterocycles. The molecule has 2 N–H and O–H groups in total. The highest BCUT2D eigenvalue weighted by molar-refractivity contribution is 5.99. The second-order valence-corrected chi connectivity index (χ2v) is 4.37. The van der Waals surface area contributed by atoms with Crippen LogP contribution in [0.25, 0.3) is 0 Å². The van der Waals surface area contributed by atoms with E-state index in [9.17, 15) is 4.79 Å². The number of nitrogens with two attached hydrogens (primary N) is 1. The molecule has 0 aliphatic rings. The van der Waals surface area contributed by atoms with Crippen LogP contribution in [-0.2, 0) is 0 Å². The van der Waals surface area contributed by atoms with E-state index in [1.54, 1.807) is 32.4 Å². The van der Waals surface area contributed by atoms with Crippen molar-refractivity contribution in [2.24, 2.45) is 11.7 Å². The van der Waals surface area contributed by atoms with Crippen LogP contribution in [0.15, 0.2) is 18.2 Å². The Morgan fingerprint density at radius 2 is 2.06 bits per heavy atom. The van der Waals surface area contributed by atoms with Gasteiger partial charge in [-0.05, 0) is 37.1 Å². The molecule has 1 atom stereocenters. The van der Waals surface area contributed by atoms with E-state index in [0.717, 1.165) is 6.42 Å². The maximum Gasteiger partial charge on any atom is 0.166 e. The van der Waals surface area contributed by atoms with Crippen LogP contribution in [0.5, 0.6) is 11.5 Å². The Labute approximate surface area is 108 Å². The molecule has 0 bridgehead atoms. The third-order valence-electron chi connectivity index (χ3n) is 2.97. The first-order chi connectivity index (χ1) is 8.62. The number of methoxy groups -OCH3 is 2. The number of benzene rings is 1. The van der Waals surface area contributed by atoms with Crippen LogP contribution < -0.4 is 15.2 Å². The van der Waals surface area contributed by atoms with Gasteiger partial charge in [-0.2, -0.15) is 0 Å². The smallest absolute Gasteiger partial charge is 0.166 e. The summed E-state index contributed by atoms with van der Waals surface area (Å²) >= 11 is 0. The molecule has 0 heterocycles. The van der Waals surface area contributed by atoms with Gasteiger partial charge in [-0.25, -0.2) is 0 Å². The number of ether oxygens (including phenoxy) is 2. The Morgan fingerprint density at radius 1 is 1.33 bits per heavy atom. The van der Waals surface area contributed by atoms with Crippen LogP contribution in [0.3, 0.4) is 0 Å². The average molecular weight is 251 g/mol. The number of hydrogen-bond donors (Lipinski definition) is 1. The largest absolute Gasteiger partial charge is 0.497 e. The van der Waals surface area contributed by atoms with Crippen molar-refractivity contribution in [3.05, 3.63) is 23.8 Å². The topological polar surface area (TPSA) is 61.5 Å². The van der Waals surface area contributed by atoms with E-state index in [2.05, 4.69) is 0 Å². The Balaban J connectivity index is 2.82. The zero-order chi connectivity index (χ0) is 13.5. The van der Waals surface area contributed by atoms with E-state index in [-0.39, 0.29) is 5.78 Å². The van der Waals surface area contributed by atoms with Crippen molar-refractivity contribution in [2.75, 3.05) is 20.8 Å². The molecular formula is C14H21NO3. The molecule has 1 unspecified atom stereocenters. The van der Waals surface area contributed by atoms with Crippen molar-refractivity contribution in [2.45, 2.75) is 19.8 Å². The summed E-state index contributed by atoms with van der Waals surface area (Å²) in [7, 11) is 3.13. The van der Waals surface area contributed by atoms with Gasteiger partial charge in [0, 0.05) is 6.42 Å². The van der Waals surface area contributed by atoms with E-state index >= 15 is 0 Å². The molecule has 1 rings (SSSR count). The number of carbonyl (C=O) groups is 1. The maximum absolute atomic E-state index is 12.1. The van der Waals surface area contributed by atoms with Crippen LogP contribution in [0.4, 0.5) is 0 Å². The van der Waals surface area contributed by atoms with Gasteiger partial charge in [-0.1, -0.05) is 6.92 Å². The maximum atomic E-state index is 12.1. The third-order valence-corrected chi connectivity index (χ3v) is 2.97. The van der Waals surface area contributed by atoms with Crippen molar-refractivity contribution in [3.8, 4) is 11.5 Å². The third kappa shape index (κ3) is 3.74. The summed E-state index contributed by atoms with van der Waals surface area (Å²) in [5.41, 5.74) is 6.11. The molecule has 0 fully saturated rings. The summed E-state index contributed by atoms with van der Waals surface area (Å²) in [6, 6.07) is 5.24. The Morgan fingerprint density at radius 3 is 2.61 bits per heavy atom. The zero-order valence-corrected chi connectivity index (χ0v) is 11.2. The summed E-state index contributed by atoms with van der Waals surface area (Å²) < 4.78 is 10.3. The van der Waals surface area contributed by atoms with Crippen molar-refractivity contribution in [1.82, 2.24) is 0 Å². The highest BCUT2D eigenvalue weighted by atomic mass is 16.5. The van der Waals surface area contributed by atoms with Crippen LogP contribution >= 0.6 is 0 Å². The van der Waals surface area contributed by atoms with E-state index in [0.29, 0.717) is 35.9 Å². The second-order valence-electron chi connectivity index (χ2n) is 4.37. The summed E-state index contributed by atoms with van der Waals surface area (Å²) in [5, 5.41) is 0. The van der Waals surface area contributed by atoms with E-state index in [1.165, 1.54) is 0 Å². The molecule has 0 aliphatic carbocycles. The van der Waals surface area contributed by atoms with Crippen LogP contribution in [0, 0.1) is 5.92 Å². The van der Waals surface area contributed by atoms with Crippen molar-refractivity contribution < 1.29 is 14.3 Å². The monoisotopic (exact) mass is 251 g/mol. The predicted octanol–water partition coefficient (Wildman–Crippen LogP) is 2.26. The summed E-state index contributed by atoms with van der Waals surface area (Å²) in [6.07, 6.45) is 1.26. The van der Waals surface area contributed by atoms with E-state index in [4.69, 9.17) is 15.2 Å². The highest BCUT2D eigenvalue weighted by Gasteiger charge is 2.14. The fourth-order valence-corrected chi connectivity index (χ4v) is 1.66. The minimum Gasteiger partial charge on any atom is -0.497 e. The molecule has 4 heteroatoms. The standard InChI is InChI=1S/C14H21NO3/c1-10(9-15)4-6-13(16)12-8-11(17-2)5-7-14(12)18-3/h5,7-8,10H,4,6,9,15H2,1-3H3. The van der Waals surface area contributed by atoms with Gasteiger partial charge in [-0.15, -0.1) is 0 Å². The molecule has 18 heavy (non-hydrogen) atoms. The normalized spacial score (nSPS) is 12.0. The summed E-state index contributed by atoms with van der Waals surface area (Å²) in [4.78, 5) is 12.1. The second kappa shape index (κ2) is 7.01. The Kier molecular flexibility index (Phi) is 5.65. The number of hydrogen-bond acceptors (Lipinski definition) is 4. The highest BCUT2D eigenvalue weighted by Crippen LogP contribution is 2.25. The fourth-order valence-electron chi connectivity index (χ4n) is 1.66. The van der Waals surface area contributed by atoms with Crippen molar-refractivity contribution in [3.63, 3.8) is 0 Å². The summed E-state index contributed by atoms with van der Waals surface area (Å²) in [6.45, 7) is 2.64. The SMILES string of the molecule is COc1ccc(OC)c(C(=O)CCC(C)CN)c1. The lowest BCUT2D eigenvalue weighted by Gasteiger charge is -2.11. The van der Waals surface area contributed by atoms with Gasteiger partial charge in [0.2, 0.25) is 0 Å². The predicted molar refractivity (Wildman–Crippen MR) is 71.3 cm³/mol. The van der Waals surface area contributed by atoms with Gasteiger partial charge in [0.15, 0.2) is 5.78 Å². The van der Waals surface area contributed by atoms with Gasteiger partial charge >= 0.3 is 0 Å². The van der Waals surface area contributed by atoms with Crippen LogP contribution in [-0.4, -0.2) is 26.5 Å². The van der Waals surface area contributed by atoms with Gasteiger partial charge < -0.3 is 15.2 Å². The lowest BCUT2D eigenvalue weighted by Crippen LogP contribution is -2.12. The number of carbonyl (C=O) groups excluding carboxylic acids is 1. The van der Waals surface area contributed by atoms with Gasteiger partial charge in [0.25, 0.3) is 0 Å². The van der Waals surface area contributed by atoms with E-state index in [1.807, 2.05) is 6.92 Å². The molecule has 0 saturated carbocycles. The summed E-state index contributed by atoms with van der Waals surface area (Å²) in [5.74, 6) is 1.66. The molecule has 4 nitrogen and oxygen atoms in total. The molecule has 1 aromatic rings. The number of ketones is 1. The Bertz CT molecular complexity index is 404. The first-order valence-corrected chi connectivity index (χ1v) is 6.07. The van der Waals surface area contributed by atoms with Crippen molar-refractivity contribution in [1.29, 1.82) is 0 Å². The van der Waals surface area contributed by atoms with Crippen molar-refractivity contribution >= 4 is 5.78 Å². The molecule has 0 amide bonds. The van der Waals surface area contributed by atoms with Gasteiger partial charge in [-0.3, -0.25) is 4.79 Å². The molecule has 0 radical (unpaired) electrons. The molecule has 0 aromatic heterocycles. The zero-order valence-electron chi connectivity index (χ0n) is 11.2. The first-order valence-electron chi connectivity index (χ1n) is 6.07. The minimum absolute atomic E-state index is 0.0612. The van der Waals surface area contributed by atoms with Crippen LogP contribution in [0.1, 0.15) is 30.1 Å². The van der Waals surface area contributed by atoms with E-state index < -0.39 is 0 Å².